The van der Waals surface area contributed by atoms with Gasteiger partial charge in [0, 0.05) is 54.7 Å². The van der Waals surface area contributed by atoms with Gasteiger partial charge in [0.05, 0.1) is 82.6 Å². The third kappa shape index (κ3) is 14.2. The summed E-state index contributed by atoms with van der Waals surface area (Å²) in [6, 6.07) is 43.3. The van der Waals surface area contributed by atoms with Crippen molar-refractivity contribution in [2.45, 2.75) is 73.5 Å². The number of anilines is 2. The number of rotatable bonds is 24. The highest BCUT2D eigenvalue weighted by molar-refractivity contribution is 8.76. The van der Waals surface area contributed by atoms with Crippen LogP contribution in [0.15, 0.2) is 175 Å². The number of amides is 5. The van der Waals surface area contributed by atoms with Gasteiger partial charge in [-0.05, 0) is 112 Å². The summed E-state index contributed by atoms with van der Waals surface area (Å²) in [6.45, 7) is 10.8. The minimum atomic E-state index is -0.849. The van der Waals surface area contributed by atoms with E-state index in [1.165, 1.54) is 46.8 Å². The summed E-state index contributed by atoms with van der Waals surface area (Å²) in [5, 5.41) is 3.63. The van der Waals surface area contributed by atoms with Gasteiger partial charge in [-0.25, -0.2) is 19.4 Å². The van der Waals surface area contributed by atoms with E-state index >= 15 is 4.79 Å². The van der Waals surface area contributed by atoms with Crippen LogP contribution in [0, 0.1) is 0 Å². The van der Waals surface area contributed by atoms with Crippen LogP contribution in [0.5, 0.6) is 23.0 Å². The number of unbranched alkanes of at least 4 members (excludes halogenated alkanes) is 2. The molecule has 4 atom stereocenters. The average molecular weight is 1360 g/mol. The average Bonchev–Trinajstić information content (AvgIpc) is 1.60. The minimum absolute atomic E-state index is 0.0642. The van der Waals surface area contributed by atoms with Crippen molar-refractivity contribution in [1.29, 1.82) is 0 Å². The zero-order chi connectivity index (χ0) is 67.8. The van der Waals surface area contributed by atoms with Crippen LogP contribution in [0.4, 0.5) is 25.8 Å². The van der Waals surface area contributed by atoms with Crippen LogP contribution in [0.3, 0.4) is 0 Å². The van der Waals surface area contributed by atoms with Gasteiger partial charge in [-0.2, -0.15) is 0 Å². The number of nitrogens with two attached hydrogens (primary N) is 1. The molecule has 21 nitrogen and oxygen atoms in total. The van der Waals surface area contributed by atoms with E-state index in [1.807, 2.05) is 66.7 Å². The largest absolute Gasteiger partial charge is 0.493 e. The monoisotopic (exact) mass is 1360 g/mol. The number of nitrogen functional groups attached to an aromatic ring is 1. The molecule has 4 fully saturated rings. The quantitative estimate of drug-likeness (QED) is 0.0188. The molecule has 23 heteroatoms. The first kappa shape index (κ1) is 66.9. The molecule has 1 aromatic heterocycles. The molecule has 7 aromatic rings. The number of hydrogen-bond donors (Lipinski definition) is 2. The lowest BCUT2D eigenvalue weighted by atomic mass is 9.98. The zero-order valence-corrected chi connectivity index (χ0v) is 56.2. The molecule has 98 heavy (non-hydrogen) atoms. The van der Waals surface area contributed by atoms with Crippen LogP contribution >= 0.6 is 21.6 Å². The fourth-order valence-corrected chi connectivity index (χ4v) is 15.7. The van der Waals surface area contributed by atoms with E-state index < -0.39 is 48.7 Å². The molecule has 5 heterocycles. The summed E-state index contributed by atoms with van der Waals surface area (Å²) < 4.78 is 54.4. The lowest BCUT2D eigenvalue weighted by molar-refractivity contribution is -0.0211. The zero-order valence-electron chi connectivity index (χ0n) is 54.6. The van der Waals surface area contributed by atoms with Gasteiger partial charge >= 0.3 is 18.3 Å². The van der Waals surface area contributed by atoms with Gasteiger partial charge < -0.3 is 58.2 Å². The third-order valence-electron chi connectivity index (χ3n) is 18.6. The SMILES string of the molecule is C=C1C[C@@H](C2OCCN2C(=O)OCC2c3ccccc3-c3ccccc32)N(C(=O)c2cc(OC)c(OCCCCCOc3cc(NC(=O)OCCSSc4ccccn4)c(C(=O)N4CC(=C)C[C@H]4C4OCCN4C(=O)OCC4c5ccccc5-c5ccccc54)cc3OC)cc2N)C1. The number of aromatic nitrogens is 1. The predicted octanol–water partition coefficient (Wildman–Crippen LogP) is 13.1. The van der Waals surface area contributed by atoms with Gasteiger partial charge in [-0.15, -0.1) is 0 Å². The highest BCUT2D eigenvalue weighted by Crippen LogP contribution is 2.47. The summed E-state index contributed by atoms with van der Waals surface area (Å²) in [5.74, 6) is 0.525. The van der Waals surface area contributed by atoms with Crippen molar-refractivity contribution in [1.82, 2.24) is 24.6 Å². The first-order valence-corrected chi connectivity index (χ1v) is 35.2. The summed E-state index contributed by atoms with van der Waals surface area (Å²) in [4.78, 5) is 82.1. The second-order valence-corrected chi connectivity index (χ2v) is 27.1. The Kier molecular flexibility index (Phi) is 20.7. The number of nitrogens with one attached hydrogen (secondary N) is 1. The molecule has 2 aliphatic carbocycles. The Bertz CT molecular complexity index is 4070. The van der Waals surface area contributed by atoms with Crippen LogP contribution in [-0.2, 0) is 23.7 Å². The number of pyridine rings is 1. The molecule has 2 unspecified atom stereocenters. The Hall–Kier alpha value is -9.68. The summed E-state index contributed by atoms with van der Waals surface area (Å²) >= 11 is 0. The van der Waals surface area contributed by atoms with Crippen molar-refractivity contribution in [2.75, 3.05) is 103 Å². The number of benzene rings is 6. The van der Waals surface area contributed by atoms with Crippen LogP contribution < -0.4 is 30.0 Å². The Balaban J connectivity index is 0.630. The molecule has 508 valence electrons. The number of hydrogen-bond acceptors (Lipinski definition) is 18. The van der Waals surface area contributed by atoms with Crippen molar-refractivity contribution in [3.63, 3.8) is 0 Å². The normalized spacial score (nSPS) is 18.5. The molecule has 3 N–H and O–H groups in total. The molecule has 0 spiro atoms. The first-order chi connectivity index (χ1) is 47.8. The van der Waals surface area contributed by atoms with Crippen LogP contribution in [0.25, 0.3) is 22.3 Å². The highest BCUT2D eigenvalue weighted by Gasteiger charge is 2.47. The molecule has 0 radical (unpaired) electrons. The molecule has 4 saturated heterocycles. The molecular weight excluding hydrogens is 1290 g/mol. The molecular formula is C75H77N7O14S2. The molecule has 4 aliphatic heterocycles. The van der Waals surface area contributed by atoms with E-state index in [1.54, 1.807) is 39.1 Å². The molecule has 0 bridgehead atoms. The third-order valence-corrected chi connectivity index (χ3v) is 20.8. The van der Waals surface area contributed by atoms with Gasteiger partial charge in [0.1, 0.15) is 24.8 Å². The summed E-state index contributed by atoms with van der Waals surface area (Å²) in [5.41, 5.74) is 17.7. The maximum atomic E-state index is 15.1. The van der Waals surface area contributed by atoms with E-state index in [0.29, 0.717) is 55.9 Å². The van der Waals surface area contributed by atoms with Crippen LogP contribution in [0.2, 0.25) is 0 Å². The standard InChI is InChI=1S/C75H77N7O14S2/c1-46-36-62(71-79(28-32-92-71)74(86)95-44-58-52-22-10-6-18-48(52)49-19-7-11-23-53(49)58)81(42-46)69(83)56-38-64(88-3)66(40-60(56)76)90-30-16-5-17-31-91-67-41-61(78-73(85)94-34-35-97-98-68-26-14-15-27-77-68)57(39-65(67)89-4)70(84)82-43-47(2)37-63(82)72-80(29-33-93-72)75(87)96-45-59-54-24-12-8-20-50(54)51-21-9-13-25-55(51)59/h6-15,18-27,38-41,58-59,62-63,71-72H,1-2,5,16-17,28-37,42-45,76H2,3-4H3,(H,78,85)/t62-,63-,71?,72?/m0/s1. The topological polar surface area (TPSA) is 232 Å². The Labute approximate surface area is 576 Å². The number of carbonyl (C=O) groups is 5. The number of fused-ring (bicyclic) bond motifs is 6. The van der Waals surface area contributed by atoms with E-state index in [9.17, 15) is 19.2 Å². The smallest absolute Gasteiger partial charge is 0.412 e. The molecule has 13 rings (SSSR count). The van der Waals surface area contributed by atoms with Gasteiger partial charge in [0.15, 0.2) is 35.5 Å². The number of carbonyl (C=O) groups excluding carboxylic acids is 5. The van der Waals surface area contributed by atoms with Crippen molar-refractivity contribution in [3.8, 4) is 45.3 Å². The van der Waals surface area contributed by atoms with Gasteiger partial charge in [-0.3, -0.25) is 24.7 Å². The van der Waals surface area contributed by atoms with Crippen molar-refractivity contribution < 1.29 is 66.6 Å². The van der Waals surface area contributed by atoms with E-state index in [2.05, 4.69) is 72.0 Å². The molecule has 6 aromatic carbocycles. The Morgan fingerprint density at radius 1 is 0.561 bits per heavy atom. The number of likely N-dealkylation sites (tertiary alicyclic amines) is 2. The van der Waals surface area contributed by atoms with Crippen molar-refractivity contribution in [2.24, 2.45) is 0 Å². The highest BCUT2D eigenvalue weighted by atomic mass is 33.1. The lowest BCUT2D eigenvalue weighted by Gasteiger charge is -2.33. The number of nitrogens with zero attached hydrogens (tertiary/aromatic N) is 5. The fourth-order valence-electron chi connectivity index (χ4n) is 14.0. The van der Waals surface area contributed by atoms with E-state index in [-0.39, 0.29) is 118 Å². The number of methoxy groups -OCH3 is 2. The van der Waals surface area contributed by atoms with Gasteiger partial charge in [-0.1, -0.05) is 138 Å². The molecule has 0 saturated carbocycles. The second-order valence-electron chi connectivity index (χ2n) is 24.7. The van der Waals surface area contributed by atoms with E-state index in [4.69, 9.17) is 48.4 Å². The Morgan fingerprint density at radius 2 is 1.03 bits per heavy atom. The summed E-state index contributed by atoms with van der Waals surface area (Å²) in [6.07, 6.45) is 0.830. The maximum absolute atomic E-state index is 15.1. The number of ether oxygens (including phenoxy) is 9. The lowest BCUT2D eigenvalue weighted by Crippen LogP contribution is -2.51. The van der Waals surface area contributed by atoms with Crippen molar-refractivity contribution in [3.05, 3.63) is 203 Å². The van der Waals surface area contributed by atoms with E-state index in [0.717, 1.165) is 60.7 Å². The molecule has 6 aliphatic rings. The van der Waals surface area contributed by atoms with Gasteiger partial charge in [0.2, 0.25) is 0 Å². The second kappa shape index (κ2) is 30.4. The van der Waals surface area contributed by atoms with Crippen LogP contribution in [-0.4, -0.2) is 172 Å². The Morgan fingerprint density at radius 3 is 1.52 bits per heavy atom. The minimum Gasteiger partial charge on any atom is -0.493 e. The summed E-state index contributed by atoms with van der Waals surface area (Å²) in [7, 11) is 5.90. The van der Waals surface area contributed by atoms with Crippen LogP contribution in [0.1, 0.15) is 86.9 Å². The van der Waals surface area contributed by atoms with Crippen molar-refractivity contribution >= 4 is 63.1 Å². The first-order valence-electron chi connectivity index (χ1n) is 32.9. The van der Waals surface area contributed by atoms with Gasteiger partial charge in [0.25, 0.3) is 11.8 Å². The maximum Gasteiger partial charge on any atom is 0.412 e. The predicted molar refractivity (Wildman–Crippen MR) is 373 cm³/mol. The fraction of sp³-hybridized carbons (Fsp3) is 0.333. The molecule has 5 amide bonds.